The van der Waals surface area contributed by atoms with Crippen LogP contribution in [0, 0.1) is 5.92 Å². The second-order valence-corrected chi connectivity index (χ2v) is 5.84. The lowest BCUT2D eigenvalue weighted by atomic mass is 9.95. The van der Waals surface area contributed by atoms with E-state index in [1.165, 1.54) is 45.2 Å². The van der Waals surface area contributed by atoms with Gasteiger partial charge in [-0.3, -0.25) is 4.90 Å². The first-order valence-corrected chi connectivity index (χ1v) is 7.21. The summed E-state index contributed by atoms with van der Waals surface area (Å²) in [6.45, 7) is 9.58. The summed E-state index contributed by atoms with van der Waals surface area (Å²) in [5, 5.41) is 3.65. The van der Waals surface area contributed by atoms with E-state index in [0.29, 0.717) is 0 Å². The Morgan fingerprint density at radius 1 is 1.31 bits per heavy atom. The zero-order valence-corrected chi connectivity index (χ0v) is 11.2. The average Bonchev–Trinajstić information content (AvgIpc) is 2.82. The van der Waals surface area contributed by atoms with Crippen molar-refractivity contribution in [3.05, 3.63) is 0 Å². The molecule has 2 rings (SSSR count). The van der Waals surface area contributed by atoms with E-state index in [2.05, 4.69) is 31.0 Å². The third kappa shape index (κ3) is 2.60. The summed E-state index contributed by atoms with van der Waals surface area (Å²) in [4.78, 5) is 2.76. The second kappa shape index (κ2) is 5.50. The van der Waals surface area contributed by atoms with Gasteiger partial charge >= 0.3 is 0 Å². The molecule has 0 aromatic rings. The zero-order chi connectivity index (χ0) is 11.5. The molecule has 2 heteroatoms. The minimum Gasteiger partial charge on any atom is -0.311 e. The van der Waals surface area contributed by atoms with Crippen LogP contribution in [0.25, 0.3) is 0 Å². The van der Waals surface area contributed by atoms with Gasteiger partial charge in [-0.15, -0.1) is 0 Å². The first-order valence-electron chi connectivity index (χ1n) is 7.21. The van der Waals surface area contributed by atoms with Crippen molar-refractivity contribution >= 4 is 0 Å². The lowest BCUT2D eigenvalue weighted by molar-refractivity contribution is 0.0682. The molecule has 16 heavy (non-hydrogen) atoms. The first-order chi connectivity index (χ1) is 7.72. The van der Waals surface area contributed by atoms with Gasteiger partial charge in [0.1, 0.15) is 0 Å². The summed E-state index contributed by atoms with van der Waals surface area (Å²) < 4.78 is 0. The van der Waals surface area contributed by atoms with Crippen LogP contribution < -0.4 is 5.32 Å². The largest absolute Gasteiger partial charge is 0.311 e. The number of nitrogens with one attached hydrogen (secondary N) is 1. The lowest BCUT2D eigenvalue weighted by Gasteiger charge is -2.44. The van der Waals surface area contributed by atoms with E-state index in [4.69, 9.17) is 0 Å². The predicted molar refractivity (Wildman–Crippen MR) is 69.7 cm³/mol. The standard InChI is InChI=1S/C14H28N2/c1-4-14-10-16(11(2)9-15-14)12(3)13-7-5-6-8-13/h11-15H,4-10H2,1-3H3. The van der Waals surface area contributed by atoms with Crippen LogP contribution in [0.3, 0.4) is 0 Å². The quantitative estimate of drug-likeness (QED) is 0.793. The summed E-state index contributed by atoms with van der Waals surface area (Å²) >= 11 is 0. The maximum atomic E-state index is 3.65. The fraction of sp³-hybridized carbons (Fsp3) is 1.00. The maximum Gasteiger partial charge on any atom is 0.0196 e. The van der Waals surface area contributed by atoms with Crippen LogP contribution in [-0.4, -0.2) is 36.1 Å². The molecule has 0 radical (unpaired) electrons. The lowest BCUT2D eigenvalue weighted by Crippen LogP contribution is -2.58. The summed E-state index contributed by atoms with van der Waals surface area (Å²) in [5.74, 6) is 0.970. The fourth-order valence-electron chi connectivity index (χ4n) is 3.51. The Balaban J connectivity index is 1.94. The van der Waals surface area contributed by atoms with Crippen molar-refractivity contribution in [2.45, 2.75) is 71.0 Å². The Hall–Kier alpha value is -0.0800. The van der Waals surface area contributed by atoms with E-state index >= 15 is 0 Å². The molecule has 2 aliphatic rings. The van der Waals surface area contributed by atoms with E-state index in [1.54, 1.807) is 0 Å². The van der Waals surface area contributed by atoms with Crippen LogP contribution >= 0.6 is 0 Å². The maximum absolute atomic E-state index is 3.65. The number of piperazine rings is 1. The number of nitrogens with zero attached hydrogens (tertiary/aromatic N) is 1. The Bertz CT molecular complexity index is 211. The summed E-state index contributed by atoms with van der Waals surface area (Å²) in [6, 6.07) is 2.24. The van der Waals surface area contributed by atoms with Gasteiger partial charge in [0.2, 0.25) is 0 Å². The van der Waals surface area contributed by atoms with Crippen LogP contribution in [0.5, 0.6) is 0 Å². The van der Waals surface area contributed by atoms with E-state index in [1.807, 2.05) is 0 Å². The van der Waals surface area contributed by atoms with Crippen molar-refractivity contribution in [3.8, 4) is 0 Å². The van der Waals surface area contributed by atoms with Crippen molar-refractivity contribution in [1.82, 2.24) is 10.2 Å². The SMILES string of the molecule is CCC1CN(C(C)C2CCCC2)C(C)CN1. The molecule has 3 atom stereocenters. The van der Waals surface area contributed by atoms with Crippen molar-refractivity contribution in [2.24, 2.45) is 5.92 Å². The molecule has 0 amide bonds. The molecule has 1 aliphatic heterocycles. The summed E-state index contributed by atoms with van der Waals surface area (Å²) in [6.07, 6.45) is 7.13. The van der Waals surface area contributed by atoms with E-state index < -0.39 is 0 Å². The van der Waals surface area contributed by atoms with Crippen LogP contribution in [0.1, 0.15) is 52.9 Å². The molecular formula is C14H28N2. The Morgan fingerprint density at radius 2 is 2.00 bits per heavy atom. The fourth-order valence-corrected chi connectivity index (χ4v) is 3.51. The van der Waals surface area contributed by atoms with Crippen molar-refractivity contribution in [1.29, 1.82) is 0 Å². The van der Waals surface area contributed by atoms with Crippen molar-refractivity contribution in [2.75, 3.05) is 13.1 Å². The molecule has 0 spiro atoms. The summed E-state index contributed by atoms with van der Waals surface area (Å²) in [5.41, 5.74) is 0. The minimum atomic E-state index is 0.721. The smallest absolute Gasteiger partial charge is 0.0196 e. The number of rotatable bonds is 3. The highest BCUT2D eigenvalue weighted by atomic mass is 15.2. The third-order valence-corrected chi connectivity index (χ3v) is 4.80. The van der Waals surface area contributed by atoms with Gasteiger partial charge in [0.25, 0.3) is 0 Å². The van der Waals surface area contributed by atoms with Gasteiger partial charge in [0.05, 0.1) is 0 Å². The predicted octanol–water partition coefficient (Wildman–Crippen LogP) is 2.64. The third-order valence-electron chi connectivity index (χ3n) is 4.80. The summed E-state index contributed by atoms with van der Waals surface area (Å²) in [7, 11) is 0. The molecule has 1 heterocycles. The normalized spacial score (nSPS) is 35.4. The number of hydrogen-bond donors (Lipinski definition) is 1. The van der Waals surface area contributed by atoms with Gasteiger partial charge in [-0.2, -0.15) is 0 Å². The van der Waals surface area contributed by atoms with E-state index in [9.17, 15) is 0 Å². The van der Waals surface area contributed by atoms with Crippen LogP contribution in [-0.2, 0) is 0 Å². The van der Waals surface area contributed by atoms with Crippen LogP contribution in [0.4, 0.5) is 0 Å². The average molecular weight is 224 g/mol. The molecular weight excluding hydrogens is 196 g/mol. The highest BCUT2D eigenvalue weighted by Crippen LogP contribution is 2.31. The molecule has 2 fully saturated rings. The Kier molecular flexibility index (Phi) is 4.26. The topological polar surface area (TPSA) is 15.3 Å². The van der Waals surface area contributed by atoms with Gasteiger partial charge in [-0.25, -0.2) is 0 Å². The van der Waals surface area contributed by atoms with Gasteiger partial charge in [-0.05, 0) is 39.0 Å². The number of hydrogen-bond acceptors (Lipinski definition) is 2. The van der Waals surface area contributed by atoms with E-state index in [0.717, 1.165) is 24.0 Å². The molecule has 1 N–H and O–H groups in total. The van der Waals surface area contributed by atoms with Gasteiger partial charge in [0, 0.05) is 31.2 Å². The molecule has 94 valence electrons. The first kappa shape index (κ1) is 12.4. The Labute approximate surface area is 101 Å². The molecule has 0 aromatic heterocycles. The van der Waals surface area contributed by atoms with Gasteiger partial charge in [-0.1, -0.05) is 19.8 Å². The van der Waals surface area contributed by atoms with Gasteiger partial charge < -0.3 is 5.32 Å². The highest BCUT2D eigenvalue weighted by Gasteiger charge is 2.32. The highest BCUT2D eigenvalue weighted by molar-refractivity contribution is 4.89. The van der Waals surface area contributed by atoms with Crippen molar-refractivity contribution in [3.63, 3.8) is 0 Å². The molecule has 1 saturated heterocycles. The van der Waals surface area contributed by atoms with Crippen LogP contribution in [0.15, 0.2) is 0 Å². The van der Waals surface area contributed by atoms with Gasteiger partial charge in [0.15, 0.2) is 0 Å². The second-order valence-electron chi connectivity index (χ2n) is 5.84. The Morgan fingerprint density at radius 3 is 2.62 bits per heavy atom. The van der Waals surface area contributed by atoms with E-state index in [-0.39, 0.29) is 0 Å². The monoisotopic (exact) mass is 224 g/mol. The molecule has 2 nitrogen and oxygen atoms in total. The molecule has 1 saturated carbocycles. The minimum absolute atomic E-state index is 0.721. The molecule has 0 aromatic carbocycles. The molecule has 3 unspecified atom stereocenters. The molecule has 1 aliphatic carbocycles. The zero-order valence-electron chi connectivity index (χ0n) is 11.2. The molecule has 0 bridgehead atoms. The van der Waals surface area contributed by atoms with Crippen molar-refractivity contribution < 1.29 is 0 Å². The van der Waals surface area contributed by atoms with Crippen LogP contribution in [0.2, 0.25) is 0 Å².